The van der Waals surface area contributed by atoms with Crippen LogP contribution in [0.3, 0.4) is 0 Å². The zero-order valence-corrected chi connectivity index (χ0v) is 7.32. The van der Waals surface area contributed by atoms with E-state index < -0.39 is 0 Å². The van der Waals surface area contributed by atoms with E-state index in [4.69, 9.17) is 12.2 Å². The van der Waals surface area contributed by atoms with Crippen molar-refractivity contribution in [1.82, 2.24) is 9.38 Å². The molecule has 56 valence electrons. The molecule has 2 nitrogen and oxygen atoms in total. The van der Waals surface area contributed by atoms with E-state index in [-0.39, 0.29) is 0 Å². The highest BCUT2D eigenvalue weighted by molar-refractivity contribution is 7.80. The van der Waals surface area contributed by atoms with E-state index >= 15 is 0 Å². The van der Waals surface area contributed by atoms with Crippen LogP contribution in [0.2, 0.25) is 0 Å². The van der Waals surface area contributed by atoms with Gasteiger partial charge in [0.25, 0.3) is 0 Å². The molecule has 0 fully saturated rings. The summed E-state index contributed by atoms with van der Waals surface area (Å²) in [5, 5.41) is 0.777. The van der Waals surface area contributed by atoms with E-state index in [0.717, 1.165) is 15.2 Å². The molecule has 0 aromatic carbocycles. The standard InChI is InChI=1S/C7H6N2S2/c10-6-4-9-3-1-2-5(9)7(11)8-6/h1-4,10H,(H,8,11). The molecule has 11 heavy (non-hydrogen) atoms. The van der Waals surface area contributed by atoms with Gasteiger partial charge in [0, 0.05) is 12.4 Å². The summed E-state index contributed by atoms with van der Waals surface area (Å²) < 4.78 is 2.67. The average molecular weight is 182 g/mol. The van der Waals surface area contributed by atoms with Crippen LogP contribution in [0.15, 0.2) is 29.6 Å². The van der Waals surface area contributed by atoms with E-state index in [0.29, 0.717) is 0 Å². The zero-order chi connectivity index (χ0) is 7.84. The van der Waals surface area contributed by atoms with Crippen molar-refractivity contribution < 1.29 is 0 Å². The molecular weight excluding hydrogens is 176 g/mol. The van der Waals surface area contributed by atoms with Crippen LogP contribution in [0, 0.1) is 4.64 Å². The van der Waals surface area contributed by atoms with Crippen LogP contribution in [0.25, 0.3) is 5.52 Å². The summed E-state index contributed by atoms with van der Waals surface area (Å²) in [7, 11) is 0. The lowest BCUT2D eigenvalue weighted by Crippen LogP contribution is -1.86. The molecule has 0 atom stereocenters. The van der Waals surface area contributed by atoms with Crippen LogP contribution in [-0.4, -0.2) is 9.38 Å². The van der Waals surface area contributed by atoms with Gasteiger partial charge in [0.1, 0.15) is 4.64 Å². The van der Waals surface area contributed by atoms with Gasteiger partial charge < -0.3 is 9.38 Å². The van der Waals surface area contributed by atoms with Crippen LogP contribution in [0.1, 0.15) is 0 Å². The van der Waals surface area contributed by atoms with Crippen LogP contribution in [0.5, 0.6) is 0 Å². The Balaban J connectivity index is 3.02. The minimum atomic E-state index is 0.725. The molecule has 2 aromatic rings. The molecule has 1 N–H and O–H groups in total. The molecule has 0 radical (unpaired) electrons. The van der Waals surface area contributed by atoms with Crippen molar-refractivity contribution in [3.05, 3.63) is 29.2 Å². The summed E-state index contributed by atoms with van der Waals surface area (Å²) in [6.45, 7) is 0. The van der Waals surface area contributed by atoms with Crippen LogP contribution in [0.4, 0.5) is 0 Å². The third-order valence-corrected chi connectivity index (χ3v) is 2.05. The quantitative estimate of drug-likeness (QED) is 0.473. The van der Waals surface area contributed by atoms with E-state index in [1.165, 1.54) is 0 Å². The van der Waals surface area contributed by atoms with Gasteiger partial charge in [0.2, 0.25) is 0 Å². The molecule has 0 aliphatic rings. The third-order valence-electron chi connectivity index (χ3n) is 1.51. The Morgan fingerprint density at radius 1 is 1.55 bits per heavy atom. The van der Waals surface area contributed by atoms with Crippen LogP contribution in [-0.2, 0) is 0 Å². The van der Waals surface area contributed by atoms with Crippen molar-refractivity contribution >= 4 is 30.4 Å². The second-order valence-electron chi connectivity index (χ2n) is 2.27. The Morgan fingerprint density at radius 3 is 3.18 bits per heavy atom. The second kappa shape index (κ2) is 2.39. The van der Waals surface area contributed by atoms with Crippen LogP contribution < -0.4 is 0 Å². The lowest BCUT2D eigenvalue weighted by molar-refractivity contribution is 1.02. The minimum Gasteiger partial charge on any atom is -0.339 e. The van der Waals surface area contributed by atoms with Crippen molar-refractivity contribution in [2.75, 3.05) is 0 Å². The van der Waals surface area contributed by atoms with Crippen LogP contribution >= 0.6 is 24.8 Å². The van der Waals surface area contributed by atoms with Crippen molar-refractivity contribution in [3.63, 3.8) is 0 Å². The molecule has 2 aromatic heterocycles. The lowest BCUT2D eigenvalue weighted by atomic mass is 10.5. The smallest absolute Gasteiger partial charge is 0.128 e. The number of fused-ring (bicyclic) bond motifs is 1. The fourth-order valence-corrected chi connectivity index (χ4v) is 1.64. The molecule has 0 saturated heterocycles. The largest absolute Gasteiger partial charge is 0.339 e. The Morgan fingerprint density at radius 2 is 2.36 bits per heavy atom. The fourth-order valence-electron chi connectivity index (χ4n) is 1.04. The zero-order valence-electron chi connectivity index (χ0n) is 5.61. The molecule has 0 spiro atoms. The summed E-state index contributed by atoms with van der Waals surface area (Å²) in [5.74, 6) is 0. The molecule has 2 rings (SSSR count). The Bertz CT molecular complexity index is 441. The Hall–Kier alpha value is -0.740. The van der Waals surface area contributed by atoms with Gasteiger partial charge >= 0.3 is 0 Å². The first-order valence-electron chi connectivity index (χ1n) is 3.16. The molecule has 0 aliphatic heterocycles. The highest BCUT2D eigenvalue weighted by Crippen LogP contribution is 2.08. The number of nitrogens with one attached hydrogen (secondary N) is 1. The van der Waals surface area contributed by atoms with Gasteiger partial charge in [0.05, 0.1) is 10.5 Å². The van der Waals surface area contributed by atoms with E-state index in [2.05, 4.69) is 17.6 Å². The van der Waals surface area contributed by atoms with E-state index in [9.17, 15) is 0 Å². The first-order chi connectivity index (χ1) is 5.27. The summed E-state index contributed by atoms with van der Waals surface area (Å²) in [6.07, 6.45) is 3.83. The molecular formula is C7H6N2S2. The number of aromatic amines is 1. The normalized spacial score (nSPS) is 10.6. The second-order valence-corrected chi connectivity index (χ2v) is 3.16. The van der Waals surface area contributed by atoms with E-state index in [1.54, 1.807) is 0 Å². The Labute approximate surface area is 74.3 Å². The number of thiol groups is 1. The van der Waals surface area contributed by atoms with Gasteiger partial charge in [0.15, 0.2) is 0 Å². The number of hydrogen-bond acceptors (Lipinski definition) is 2. The maximum atomic E-state index is 5.07. The van der Waals surface area contributed by atoms with Gasteiger partial charge in [-0.2, -0.15) is 0 Å². The maximum absolute atomic E-state index is 5.07. The molecule has 0 aliphatic carbocycles. The first kappa shape index (κ1) is 6.94. The van der Waals surface area contributed by atoms with Gasteiger partial charge in [-0.25, -0.2) is 0 Å². The molecule has 0 bridgehead atoms. The molecule has 4 heteroatoms. The molecule has 0 saturated carbocycles. The number of nitrogens with zero attached hydrogens (tertiary/aromatic N) is 1. The number of rotatable bonds is 0. The summed E-state index contributed by atoms with van der Waals surface area (Å²) in [5.41, 5.74) is 1.01. The van der Waals surface area contributed by atoms with Crippen molar-refractivity contribution in [3.8, 4) is 0 Å². The van der Waals surface area contributed by atoms with Gasteiger partial charge in [-0.1, -0.05) is 12.2 Å². The minimum absolute atomic E-state index is 0.725. The third kappa shape index (κ3) is 1.08. The fraction of sp³-hybridized carbons (Fsp3) is 0. The predicted octanol–water partition coefficient (Wildman–Crippen LogP) is 2.29. The van der Waals surface area contributed by atoms with Crippen molar-refractivity contribution in [2.24, 2.45) is 0 Å². The molecule has 0 unspecified atom stereocenters. The highest BCUT2D eigenvalue weighted by atomic mass is 32.1. The van der Waals surface area contributed by atoms with Crippen molar-refractivity contribution in [1.29, 1.82) is 0 Å². The van der Waals surface area contributed by atoms with Gasteiger partial charge in [-0.05, 0) is 12.1 Å². The topological polar surface area (TPSA) is 20.2 Å². The van der Waals surface area contributed by atoms with Gasteiger partial charge in [-0.3, -0.25) is 0 Å². The Kier molecular flexibility index (Phi) is 1.51. The number of H-pyrrole nitrogens is 1. The summed E-state index contributed by atoms with van der Waals surface area (Å²) in [4.78, 5) is 2.96. The molecule has 2 heterocycles. The molecule has 0 amide bonds. The summed E-state index contributed by atoms with van der Waals surface area (Å²) >= 11 is 9.23. The SMILES string of the molecule is S=c1[nH]c(S)cn2cccc12. The van der Waals surface area contributed by atoms with E-state index in [1.807, 2.05) is 28.9 Å². The average Bonchev–Trinajstić information content (AvgIpc) is 2.34. The maximum Gasteiger partial charge on any atom is 0.128 e. The number of aromatic nitrogens is 2. The lowest BCUT2D eigenvalue weighted by Gasteiger charge is -1.96. The highest BCUT2D eigenvalue weighted by Gasteiger charge is 1.93. The van der Waals surface area contributed by atoms with Gasteiger partial charge in [-0.15, -0.1) is 12.6 Å². The number of hydrogen-bond donors (Lipinski definition) is 2. The first-order valence-corrected chi connectivity index (χ1v) is 4.02. The summed E-state index contributed by atoms with van der Waals surface area (Å²) in [6, 6.07) is 3.91. The predicted molar refractivity (Wildman–Crippen MR) is 49.8 cm³/mol. The van der Waals surface area contributed by atoms with Crippen molar-refractivity contribution in [2.45, 2.75) is 5.03 Å². The monoisotopic (exact) mass is 182 g/mol.